The van der Waals surface area contributed by atoms with Crippen LogP contribution in [0.1, 0.15) is 29.6 Å². The number of pyridine rings is 1. The third-order valence-corrected chi connectivity index (χ3v) is 3.80. The predicted molar refractivity (Wildman–Crippen MR) is 74.1 cm³/mol. The summed E-state index contributed by atoms with van der Waals surface area (Å²) >= 11 is 3.45. The third kappa shape index (κ3) is 3.22. The molecule has 0 aliphatic carbocycles. The van der Waals surface area contributed by atoms with Crippen LogP contribution in [0.5, 0.6) is 0 Å². The maximum atomic E-state index is 12.3. The molecular weight excluding hydrogens is 296 g/mol. The summed E-state index contributed by atoms with van der Waals surface area (Å²) in [6.07, 6.45) is 4.85. The van der Waals surface area contributed by atoms with Gasteiger partial charge in [-0.25, -0.2) is 0 Å². The average Bonchev–Trinajstić information content (AvgIpc) is 2.39. The van der Waals surface area contributed by atoms with Crippen molar-refractivity contribution in [3.05, 3.63) is 34.2 Å². The summed E-state index contributed by atoms with van der Waals surface area (Å²) in [5.74, 6) is 0.546. The number of halogens is 1. The lowest BCUT2D eigenvalue weighted by atomic mass is 9.95. The number of H-pyrrole nitrogens is 1. The molecule has 1 aromatic rings. The first-order chi connectivity index (χ1) is 8.70. The molecule has 0 aromatic carbocycles. The molecular formula is C13H17BrN2O2. The number of piperidine rings is 1. The van der Waals surface area contributed by atoms with Gasteiger partial charge in [0, 0.05) is 36.2 Å². The Labute approximate surface area is 115 Å². The summed E-state index contributed by atoms with van der Waals surface area (Å²) in [6, 6.07) is 3.04. The zero-order valence-corrected chi connectivity index (χ0v) is 11.8. The molecule has 18 heavy (non-hydrogen) atoms. The second-order valence-corrected chi connectivity index (χ2v) is 5.47. The third-order valence-electron chi connectivity index (χ3n) is 3.35. The van der Waals surface area contributed by atoms with Crippen LogP contribution in [-0.4, -0.2) is 34.2 Å². The van der Waals surface area contributed by atoms with Gasteiger partial charge in [0.05, 0.1) is 0 Å². The van der Waals surface area contributed by atoms with Crippen molar-refractivity contribution in [3.8, 4) is 0 Å². The number of alkyl halides is 1. The van der Waals surface area contributed by atoms with E-state index in [1.807, 2.05) is 4.90 Å². The van der Waals surface area contributed by atoms with Crippen molar-refractivity contribution in [2.75, 3.05) is 18.4 Å². The zero-order chi connectivity index (χ0) is 13.0. The molecule has 1 saturated heterocycles. The van der Waals surface area contributed by atoms with E-state index in [9.17, 15) is 9.59 Å². The molecule has 5 heteroatoms. The standard InChI is InChI=1S/C13H17BrN2O2/c14-5-3-10-2-1-7-16(9-10)13(18)11-4-6-15-12(17)8-11/h4,6,8,10H,1-3,5,7,9H2,(H,15,17). The lowest BCUT2D eigenvalue weighted by Crippen LogP contribution is -2.40. The van der Waals surface area contributed by atoms with Gasteiger partial charge >= 0.3 is 0 Å². The highest BCUT2D eigenvalue weighted by molar-refractivity contribution is 9.09. The maximum absolute atomic E-state index is 12.3. The number of hydrogen-bond donors (Lipinski definition) is 1. The maximum Gasteiger partial charge on any atom is 0.254 e. The fourth-order valence-electron chi connectivity index (χ4n) is 2.40. The van der Waals surface area contributed by atoms with Gasteiger partial charge in [0.25, 0.3) is 5.91 Å². The van der Waals surface area contributed by atoms with E-state index in [4.69, 9.17) is 0 Å². The fraction of sp³-hybridized carbons (Fsp3) is 0.538. The van der Waals surface area contributed by atoms with Gasteiger partial charge in [-0.15, -0.1) is 0 Å². The van der Waals surface area contributed by atoms with Crippen molar-refractivity contribution in [2.24, 2.45) is 5.92 Å². The summed E-state index contributed by atoms with van der Waals surface area (Å²) in [5, 5.41) is 0.977. The van der Waals surface area contributed by atoms with Crippen LogP contribution in [-0.2, 0) is 0 Å². The van der Waals surface area contributed by atoms with E-state index in [0.29, 0.717) is 11.5 Å². The summed E-state index contributed by atoms with van der Waals surface area (Å²) in [6.45, 7) is 1.60. The predicted octanol–water partition coefficient (Wildman–Crippen LogP) is 2.01. The average molecular weight is 313 g/mol. The largest absolute Gasteiger partial charge is 0.338 e. The smallest absolute Gasteiger partial charge is 0.254 e. The summed E-state index contributed by atoms with van der Waals surface area (Å²) < 4.78 is 0. The lowest BCUT2D eigenvalue weighted by molar-refractivity contribution is 0.0671. The molecule has 1 aliphatic heterocycles. The number of hydrogen-bond acceptors (Lipinski definition) is 2. The fourth-order valence-corrected chi connectivity index (χ4v) is 3.05. The molecule has 1 amide bonds. The molecule has 0 radical (unpaired) electrons. The minimum absolute atomic E-state index is 0.0274. The van der Waals surface area contributed by atoms with Gasteiger partial charge in [-0.1, -0.05) is 15.9 Å². The number of amides is 1. The van der Waals surface area contributed by atoms with Gasteiger partial charge in [-0.05, 0) is 31.2 Å². The molecule has 0 saturated carbocycles. The number of nitrogens with zero attached hydrogens (tertiary/aromatic N) is 1. The number of rotatable bonds is 3. The number of carbonyl (C=O) groups is 1. The molecule has 1 N–H and O–H groups in total. The Balaban J connectivity index is 2.06. The van der Waals surface area contributed by atoms with Crippen LogP contribution >= 0.6 is 15.9 Å². The van der Waals surface area contributed by atoms with Crippen molar-refractivity contribution in [3.63, 3.8) is 0 Å². The molecule has 1 atom stereocenters. The van der Waals surface area contributed by atoms with Gasteiger partial charge in [0.2, 0.25) is 5.56 Å². The molecule has 1 aliphatic rings. The molecule has 1 fully saturated rings. The Hall–Kier alpha value is -1.10. The normalized spacial score (nSPS) is 19.8. The molecule has 1 unspecified atom stereocenters. The van der Waals surface area contributed by atoms with Crippen LogP contribution in [0.25, 0.3) is 0 Å². The number of likely N-dealkylation sites (tertiary alicyclic amines) is 1. The summed E-state index contributed by atoms with van der Waals surface area (Å²) in [5.41, 5.74) is 0.258. The zero-order valence-electron chi connectivity index (χ0n) is 10.2. The molecule has 2 rings (SSSR count). The van der Waals surface area contributed by atoms with Crippen molar-refractivity contribution >= 4 is 21.8 Å². The van der Waals surface area contributed by atoms with Crippen LogP contribution < -0.4 is 5.56 Å². The first kappa shape index (κ1) is 13.3. The van der Waals surface area contributed by atoms with Crippen molar-refractivity contribution in [2.45, 2.75) is 19.3 Å². The minimum atomic E-state index is -0.227. The second-order valence-electron chi connectivity index (χ2n) is 4.68. The van der Waals surface area contributed by atoms with Gasteiger partial charge in [0.1, 0.15) is 0 Å². The van der Waals surface area contributed by atoms with E-state index >= 15 is 0 Å². The molecule has 98 valence electrons. The Morgan fingerprint density at radius 1 is 1.56 bits per heavy atom. The highest BCUT2D eigenvalue weighted by Gasteiger charge is 2.24. The van der Waals surface area contributed by atoms with E-state index < -0.39 is 0 Å². The van der Waals surface area contributed by atoms with Crippen LogP contribution in [0.2, 0.25) is 0 Å². The first-order valence-electron chi connectivity index (χ1n) is 6.24. The first-order valence-corrected chi connectivity index (χ1v) is 7.37. The van der Waals surface area contributed by atoms with Gasteiger partial charge in [0.15, 0.2) is 0 Å². The quantitative estimate of drug-likeness (QED) is 0.868. The minimum Gasteiger partial charge on any atom is -0.338 e. The van der Waals surface area contributed by atoms with Gasteiger partial charge in [-0.3, -0.25) is 9.59 Å². The van der Waals surface area contributed by atoms with E-state index in [2.05, 4.69) is 20.9 Å². The number of nitrogens with one attached hydrogen (secondary N) is 1. The summed E-state index contributed by atoms with van der Waals surface area (Å²) in [4.78, 5) is 27.9. The molecule has 4 nitrogen and oxygen atoms in total. The Morgan fingerprint density at radius 3 is 3.11 bits per heavy atom. The van der Waals surface area contributed by atoms with E-state index in [0.717, 1.165) is 31.3 Å². The van der Waals surface area contributed by atoms with Crippen LogP contribution in [0.4, 0.5) is 0 Å². The van der Waals surface area contributed by atoms with Crippen molar-refractivity contribution < 1.29 is 4.79 Å². The Kier molecular flexibility index (Phi) is 4.58. The lowest BCUT2D eigenvalue weighted by Gasteiger charge is -2.32. The molecule has 0 bridgehead atoms. The van der Waals surface area contributed by atoms with Crippen molar-refractivity contribution in [1.29, 1.82) is 0 Å². The Morgan fingerprint density at radius 2 is 2.39 bits per heavy atom. The number of aromatic amines is 1. The van der Waals surface area contributed by atoms with Gasteiger partial charge < -0.3 is 9.88 Å². The SMILES string of the molecule is O=C(c1cc[nH]c(=O)c1)N1CCCC(CCBr)C1. The summed E-state index contributed by atoms with van der Waals surface area (Å²) in [7, 11) is 0. The molecule has 2 heterocycles. The van der Waals surface area contributed by atoms with E-state index in [-0.39, 0.29) is 11.5 Å². The molecule has 1 aromatic heterocycles. The van der Waals surface area contributed by atoms with Crippen LogP contribution in [0, 0.1) is 5.92 Å². The Bertz CT molecular complexity index is 470. The van der Waals surface area contributed by atoms with E-state index in [1.165, 1.54) is 18.7 Å². The van der Waals surface area contributed by atoms with Crippen LogP contribution in [0.15, 0.2) is 23.1 Å². The molecule has 0 spiro atoms. The highest BCUT2D eigenvalue weighted by atomic mass is 79.9. The second kappa shape index (κ2) is 6.18. The van der Waals surface area contributed by atoms with Gasteiger partial charge in [-0.2, -0.15) is 0 Å². The van der Waals surface area contributed by atoms with E-state index in [1.54, 1.807) is 6.07 Å². The monoisotopic (exact) mass is 312 g/mol. The van der Waals surface area contributed by atoms with Crippen LogP contribution in [0.3, 0.4) is 0 Å². The van der Waals surface area contributed by atoms with Crippen molar-refractivity contribution in [1.82, 2.24) is 9.88 Å². The topological polar surface area (TPSA) is 53.2 Å². The number of carbonyl (C=O) groups excluding carboxylic acids is 1. The highest BCUT2D eigenvalue weighted by Crippen LogP contribution is 2.21. The number of aromatic nitrogens is 1.